The molecule has 0 aliphatic carbocycles. The molecule has 0 amide bonds. The maximum Gasteiger partial charge on any atom is 0.133 e. The quantitative estimate of drug-likeness (QED) is 0.732. The number of halogens is 1. The van der Waals surface area contributed by atoms with Crippen molar-refractivity contribution in [3.05, 3.63) is 28.2 Å². The van der Waals surface area contributed by atoms with E-state index in [-0.39, 0.29) is 12.6 Å². The van der Waals surface area contributed by atoms with Gasteiger partial charge >= 0.3 is 0 Å². The molecule has 0 heterocycles. The van der Waals surface area contributed by atoms with E-state index in [9.17, 15) is 0 Å². The number of aliphatic hydroxyl groups excluding tert-OH is 1. The van der Waals surface area contributed by atoms with Crippen LogP contribution in [0, 0.1) is 0 Å². The minimum atomic E-state index is 0.0503. The first-order valence-electron chi connectivity index (χ1n) is 5.10. The molecule has 4 N–H and O–H groups in total. The molecule has 4 nitrogen and oxygen atoms in total. The molecule has 1 aromatic carbocycles. The molecule has 0 spiro atoms. The van der Waals surface area contributed by atoms with E-state index in [1.165, 1.54) is 0 Å². The van der Waals surface area contributed by atoms with Gasteiger partial charge in [-0.2, -0.15) is 0 Å². The van der Waals surface area contributed by atoms with E-state index in [4.69, 9.17) is 15.6 Å². The summed E-state index contributed by atoms with van der Waals surface area (Å²) < 4.78 is 6.06. The van der Waals surface area contributed by atoms with Crippen molar-refractivity contribution in [1.29, 1.82) is 0 Å². The van der Waals surface area contributed by atoms with Crippen LogP contribution < -0.4 is 15.8 Å². The van der Waals surface area contributed by atoms with Crippen molar-refractivity contribution < 1.29 is 9.84 Å². The van der Waals surface area contributed by atoms with Gasteiger partial charge in [-0.1, -0.05) is 6.07 Å². The average molecular weight is 289 g/mol. The molecule has 16 heavy (non-hydrogen) atoms. The van der Waals surface area contributed by atoms with E-state index in [1.807, 2.05) is 18.2 Å². The Labute approximate surface area is 104 Å². The molecule has 90 valence electrons. The van der Waals surface area contributed by atoms with Crippen molar-refractivity contribution in [2.45, 2.75) is 6.04 Å². The van der Waals surface area contributed by atoms with E-state index < -0.39 is 0 Å². The highest BCUT2D eigenvalue weighted by molar-refractivity contribution is 9.10. The number of benzene rings is 1. The van der Waals surface area contributed by atoms with Gasteiger partial charge in [0.2, 0.25) is 0 Å². The van der Waals surface area contributed by atoms with Gasteiger partial charge in [-0.25, -0.2) is 0 Å². The van der Waals surface area contributed by atoms with Crippen LogP contribution in [0.3, 0.4) is 0 Å². The minimum Gasteiger partial charge on any atom is -0.496 e. The van der Waals surface area contributed by atoms with Gasteiger partial charge in [0.15, 0.2) is 0 Å². The first kappa shape index (κ1) is 13.4. The van der Waals surface area contributed by atoms with Gasteiger partial charge in [0.1, 0.15) is 5.75 Å². The molecule has 0 bridgehead atoms. The highest BCUT2D eigenvalue weighted by Gasteiger charge is 2.10. The summed E-state index contributed by atoms with van der Waals surface area (Å²) in [4.78, 5) is 0. The fourth-order valence-electron chi connectivity index (χ4n) is 1.48. The Morgan fingerprint density at radius 2 is 2.31 bits per heavy atom. The summed E-state index contributed by atoms with van der Waals surface area (Å²) in [6.45, 7) is 1.12. The SMILES string of the molecule is COc1ccc(C(CN)NCCO)cc1Br. The van der Waals surface area contributed by atoms with E-state index in [0.29, 0.717) is 13.1 Å². The molecule has 1 rings (SSSR count). The fraction of sp³-hybridized carbons (Fsp3) is 0.455. The Morgan fingerprint density at radius 1 is 1.56 bits per heavy atom. The van der Waals surface area contributed by atoms with Gasteiger partial charge in [0.05, 0.1) is 18.2 Å². The zero-order chi connectivity index (χ0) is 12.0. The summed E-state index contributed by atoms with van der Waals surface area (Å²) >= 11 is 3.43. The van der Waals surface area contributed by atoms with E-state index in [0.717, 1.165) is 15.8 Å². The van der Waals surface area contributed by atoms with Gasteiger partial charge in [-0.15, -0.1) is 0 Å². The van der Waals surface area contributed by atoms with Crippen molar-refractivity contribution in [3.63, 3.8) is 0 Å². The lowest BCUT2D eigenvalue weighted by atomic mass is 10.1. The van der Waals surface area contributed by atoms with Gasteiger partial charge in [-0.05, 0) is 33.6 Å². The lowest BCUT2D eigenvalue weighted by molar-refractivity contribution is 0.285. The van der Waals surface area contributed by atoms with E-state index in [1.54, 1.807) is 7.11 Å². The zero-order valence-corrected chi connectivity index (χ0v) is 10.8. The molecule has 0 aromatic heterocycles. The van der Waals surface area contributed by atoms with Gasteiger partial charge in [-0.3, -0.25) is 0 Å². The van der Waals surface area contributed by atoms with Crippen LogP contribution in [0.2, 0.25) is 0 Å². The standard InChI is InChI=1S/C11H17BrN2O2/c1-16-11-3-2-8(6-9(11)12)10(7-13)14-4-5-15/h2-3,6,10,14-15H,4-5,7,13H2,1H3. The molecule has 5 heteroatoms. The Kier molecular flexibility index (Phi) is 5.76. The number of hydrogen-bond donors (Lipinski definition) is 3. The van der Waals surface area contributed by atoms with Crippen LogP contribution in [0.5, 0.6) is 5.75 Å². The number of ether oxygens (including phenoxy) is 1. The van der Waals surface area contributed by atoms with Crippen molar-refractivity contribution in [3.8, 4) is 5.75 Å². The van der Waals surface area contributed by atoms with Crippen LogP contribution in [0.25, 0.3) is 0 Å². The average Bonchev–Trinajstić information content (AvgIpc) is 2.30. The predicted octanol–water partition coefficient (Wildman–Crippen LogP) is 1.04. The molecule has 0 radical (unpaired) electrons. The molecule has 0 aliphatic heterocycles. The first-order chi connectivity index (χ1) is 7.72. The molecule has 0 fully saturated rings. The molecule has 0 saturated heterocycles. The second kappa shape index (κ2) is 6.85. The Balaban J connectivity index is 2.80. The fourth-order valence-corrected chi connectivity index (χ4v) is 2.03. The summed E-state index contributed by atoms with van der Waals surface area (Å²) in [6.07, 6.45) is 0. The van der Waals surface area contributed by atoms with Gasteiger partial charge in [0, 0.05) is 19.1 Å². The van der Waals surface area contributed by atoms with E-state index in [2.05, 4.69) is 21.2 Å². The highest BCUT2D eigenvalue weighted by Crippen LogP contribution is 2.27. The molecule has 0 saturated carbocycles. The van der Waals surface area contributed by atoms with Crippen molar-refractivity contribution in [2.24, 2.45) is 5.73 Å². The first-order valence-corrected chi connectivity index (χ1v) is 5.90. The predicted molar refractivity (Wildman–Crippen MR) is 67.6 cm³/mol. The third-order valence-electron chi connectivity index (χ3n) is 2.32. The third-order valence-corrected chi connectivity index (χ3v) is 2.94. The van der Waals surface area contributed by atoms with Gasteiger partial charge in [0.25, 0.3) is 0 Å². The normalized spacial score (nSPS) is 12.5. The minimum absolute atomic E-state index is 0.0503. The van der Waals surface area contributed by atoms with Crippen LogP contribution in [-0.2, 0) is 0 Å². The Bertz CT molecular complexity index is 334. The molecular formula is C11H17BrN2O2. The molecule has 1 aromatic rings. The summed E-state index contributed by atoms with van der Waals surface area (Å²) in [5.41, 5.74) is 6.75. The molecule has 0 aliphatic rings. The largest absolute Gasteiger partial charge is 0.496 e. The van der Waals surface area contributed by atoms with Crippen LogP contribution in [0.4, 0.5) is 0 Å². The lowest BCUT2D eigenvalue weighted by Gasteiger charge is -2.17. The molecular weight excluding hydrogens is 272 g/mol. The van der Waals surface area contributed by atoms with Crippen molar-refractivity contribution >= 4 is 15.9 Å². The maximum absolute atomic E-state index is 8.76. The maximum atomic E-state index is 8.76. The Hall–Kier alpha value is -0.620. The second-order valence-electron chi connectivity index (χ2n) is 3.36. The number of nitrogens with one attached hydrogen (secondary N) is 1. The van der Waals surface area contributed by atoms with Crippen LogP contribution >= 0.6 is 15.9 Å². The highest BCUT2D eigenvalue weighted by atomic mass is 79.9. The number of rotatable bonds is 6. The second-order valence-corrected chi connectivity index (χ2v) is 4.21. The number of hydrogen-bond acceptors (Lipinski definition) is 4. The summed E-state index contributed by atoms with van der Waals surface area (Å²) in [7, 11) is 1.63. The molecule has 1 atom stereocenters. The summed E-state index contributed by atoms with van der Waals surface area (Å²) in [6, 6.07) is 5.88. The number of methoxy groups -OCH3 is 1. The van der Waals surface area contributed by atoms with Crippen LogP contribution in [-0.4, -0.2) is 31.9 Å². The Morgan fingerprint density at radius 3 is 2.81 bits per heavy atom. The molecule has 1 unspecified atom stereocenters. The van der Waals surface area contributed by atoms with Crippen molar-refractivity contribution in [1.82, 2.24) is 5.32 Å². The third kappa shape index (κ3) is 3.45. The van der Waals surface area contributed by atoms with Crippen LogP contribution in [0.15, 0.2) is 22.7 Å². The smallest absolute Gasteiger partial charge is 0.133 e. The number of nitrogens with two attached hydrogens (primary N) is 1. The summed E-state index contributed by atoms with van der Waals surface area (Å²) in [5, 5.41) is 11.9. The topological polar surface area (TPSA) is 67.5 Å². The van der Waals surface area contributed by atoms with Crippen molar-refractivity contribution in [2.75, 3.05) is 26.8 Å². The summed E-state index contributed by atoms with van der Waals surface area (Å²) in [5.74, 6) is 0.793. The van der Waals surface area contributed by atoms with E-state index >= 15 is 0 Å². The van der Waals surface area contributed by atoms with Crippen LogP contribution in [0.1, 0.15) is 11.6 Å². The van der Waals surface area contributed by atoms with Gasteiger partial charge < -0.3 is 20.9 Å². The lowest BCUT2D eigenvalue weighted by Crippen LogP contribution is -2.30. The zero-order valence-electron chi connectivity index (χ0n) is 9.24. The monoisotopic (exact) mass is 288 g/mol. The number of aliphatic hydroxyl groups is 1.